The number of amides is 1. The third kappa shape index (κ3) is 4.72. The molecule has 0 radical (unpaired) electrons. The van der Waals surface area contributed by atoms with Crippen molar-refractivity contribution < 1.29 is 9.53 Å². The zero-order valence-corrected chi connectivity index (χ0v) is 17.9. The van der Waals surface area contributed by atoms with E-state index in [-0.39, 0.29) is 11.3 Å². The van der Waals surface area contributed by atoms with Crippen molar-refractivity contribution in [2.75, 3.05) is 12.3 Å². The Morgan fingerprint density at radius 1 is 1.03 bits per heavy atom. The van der Waals surface area contributed by atoms with E-state index >= 15 is 0 Å². The minimum Gasteiger partial charge on any atom is -0.489 e. The summed E-state index contributed by atoms with van der Waals surface area (Å²) < 4.78 is 5.86. The third-order valence-electron chi connectivity index (χ3n) is 4.73. The van der Waals surface area contributed by atoms with Crippen molar-refractivity contribution in [1.82, 2.24) is 4.90 Å². The van der Waals surface area contributed by atoms with Gasteiger partial charge in [0.25, 0.3) is 5.91 Å². The van der Waals surface area contributed by atoms with Crippen molar-refractivity contribution in [3.05, 3.63) is 99.5 Å². The van der Waals surface area contributed by atoms with Crippen LogP contribution in [0.25, 0.3) is 0 Å². The molecule has 1 atom stereocenters. The van der Waals surface area contributed by atoms with Gasteiger partial charge in [0.15, 0.2) is 0 Å². The summed E-state index contributed by atoms with van der Waals surface area (Å²) in [6, 6.07) is 23.0. The van der Waals surface area contributed by atoms with Gasteiger partial charge in [-0.2, -0.15) is 0 Å². The SMILES string of the molecule is O=C(c1ccc(Cl)cc1Cl)N1CCSC1c1ccc(OCc2ccccc2)cc1. The number of rotatable bonds is 5. The second-order valence-electron chi connectivity index (χ2n) is 6.69. The Kier molecular flexibility index (Phi) is 6.34. The van der Waals surface area contributed by atoms with E-state index in [9.17, 15) is 4.79 Å². The van der Waals surface area contributed by atoms with Crippen molar-refractivity contribution in [2.24, 2.45) is 0 Å². The Hall–Kier alpha value is -2.14. The highest BCUT2D eigenvalue weighted by Crippen LogP contribution is 2.40. The quantitative estimate of drug-likeness (QED) is 0.452. The zero-order chi connectivity index (χ0) is 20.2. The highest BCUT2D eigenvalue weighted by atomic mass is 35.5. The van der Waals surface area contributed by atoms with Crippen molar-refractivity contribution in [3.63, 3.8) is 0 Å². The molecule has 0 aromatic heterocycles. The van der Waals surface area contributed by atoms with Crippen molar-refractivity contribution in [1.29, 1.82) is 0 Å². The summed E-state index contributed by atoms with van der Waals surface area (Å²) in [5.74, 6) is 1.61. The Morgan fingerprint density at radius 3 is 2.52 bits per heavy atom. The van der Waals surface area contributed by atoms with Gasteiger partial charge in [0, 0.05) is 17.3 Å². The molecule has 3 nitrogen and oxygen atoms in total. The van der Waals surface area contributed by atoms with Crippen molar-refractivity contribution >= 4 is 40.9 Å². The number of ether oxygens (including phenoxy) is 1. The molecule has 0 aliphatic carbocycles. The molecular weight excluding hydrogens is 425 g/mol. The summed E-state index contributed by atoms with van der Waals surface area (Å²) in [6.45, 7) is 1.21. The minimum atomic E-state index is -0.0777. The number of hydrogen-bond acceptors (Lipinski definition) is 3. The lowest BCUT2D eigenvalue weighted by Gasteiger charge is -2.25. The molecule has 29 heavy (non-hydrogen) atoms. The van der Waals surface area contributed by atoms with Gasteiger partial charge in [-0.05, 0) is 41.5 Å². The Morgan fingerprint density at radius 2 is 1.79 bits per heavy atom. The van der Waals surface area contributed by atoms with Crippen LogP contribution in [0.4, 0.5) is 0 Å². The largest absolute Gasteiger partial charge is 0.489 e. The smallest absolute Gasteiger partial charge is 0.256 e. The summed E-state index contributed by atoms with van der Waals surface area (Å²) in [6.07, 6.45) is 0. The zero-order valence-electron chi connectivity index (χ0n) is 15.6. The first-order valence-corrected chi connectivity index (χ1v) is 11.1. The van der Waals surface area contributed by atoms with Gasteiger partial charge in [-0.25, -0.2) is 0 Å². The van der Waals surface area contributed by atoms with Crippen LogP contribution in [0.2, 0.25) is 10.0 Å². The number of carbonyl (C=O) groups is 1. The molecule has 4 rings (SSSR count). The van der Waals surface area contributed by atoms with Crippen LogP contribution in [-0.2, 0) is 6.61 Å². The molecule has 0 saturated carbocycles. The van der Waals surface area contributed by atoms with E-state index in [2.05, 4.69) is 0 Å². The molecule has 0 bridgehead atoms. The molecule has 1 heterocycles. The maximum absolute atomic E-state index is 13.0. The summed E-state index contributed by atoms with van der Waals surface area (Å²) in [5, 5.41) is 0.852. The molecule has 3 aromatic rings. The standard InChI is InChI=1S/C23H19Cl2NO2S/c24-18-8-11-20(21(25)14-18)22(27)26-12-13-29-23(26)17-6-9-19(10-7-17)28-15-16-4-2-1-3-5-16/h1-11,14,23H,12-13,15H2. The first kappa shape index (κ1) is 20.1. The van der Waals surface area contributed by atoms with Crippen molar-refractivity contribution in [2.45, 2.75) is 12.0 Å². The average Bonchev–Trinajstić information content (AvgIpc) is 3.23. The topological polar surface area (TPSA) is 29.5 Å². The van der Waals surface area contributed by atoms with E-state index in [4.69, 9.17) is 27.9 Å². The number of carbonyl (C=O) groups excluding carboxylic acids is 1. The summed E-state index contributed by atoms with van der Waals surface area (Å²) in [5.41, 5.74) is 2.67. The number of nitrogens with zero attached hydrogens (tertiary/aromatic N) is 1. The van der Waals surface area contributed by atoms with E-state index < -0.39 is 0 Å². The summed E-state index contributed by atoms with van der Waals surface area (Å²) in [7, 11) is 0. The Labute approximate surface area is 184 Å². The molecule has 1 saturated heterocycles. The van der Waals surface area contributed by atoms with Gasteiger partial charge < -0.3 is 9.64 Å². The fraction of sp³-hybridized carbons (Fsp3) is 0.174. The van der Waals surface area contributed by atoms with Crippen LogP contribution in [0.1, 0.15) is 26.9 Å². The van der Waals surface area contributed by atoms with E-state index in [0.717, 1.165) is 22.6 Å². The fourth-order valence-corrected chi connectivity index (χ4v) is 4.99. The normalized spacial score (nSPS) is 16.1. The second-order valence-corrected chi connectivity index (χ2v) is 8.72. The second kappa shape index (κ2) is 9.12. The number of thioether (sulfide) groups is 1. The average molecular weight is 444 g/mol. The molecule has 0 spiro atoms. The molecule has 1 unspecified atom stereocenters. The molecule has 148 valence electrons. The third-order valence-corrected chi connectivity index (χ3v) is 6.54. The van der Waals surface area contributed by atoms with E-state index in [1.165, 1.54) is 0 Å². The highest BCUT2D eigenvalue weighted by Gasteiger charge is 2.32. The number of hydrogen-bond donors (Lipinski definition) is 0. The van der Waals surface area contributed by atoms with Gasteiger partial charge in [0.2, 0.25) is 0 Å². The molecular formula is C23H19Cl2NO2S. The van der Waals surface area contributed by atoms with Crippen LogP contribution >= 0.6 is 35.0 Å². The van der Waals surface area contributed by atoms with Crippen LogP contribution in [0.3, 0.4) is 0 Å². The lowest BCUT2D eigenvalue weighted by Crippen LogP contribution is -2.30. The lowest BCUT2D eigenvalue weighted by molar-refractivity contribution is 0.0760. The van der Waals surface area contributed by atoms with Crippen LogP contribution in [-0.4, -0.2) is 23.1 Å². The molecule has 1 amide bonds. The Bertz CT molecular complexity index is 996. The predicted octanol–water partition coefficient (Wildman–Crippen LogP) is 6.46. The first-order chi connectivity index (χ1) is 14.1. The maximum Gasteiger partial charge on any atom is 0.256 e. The van der Waals surface area contributed by atoms with E-state index in [0.29, 0.717) is 28.8 Å². The van der Waals surface area contributed by atoms with Gasteiger partial charge in [-0.1, -0.05) is 65.7 Å². The summed E-state index contributed by atoms with van der Waals surface area (Å²) >= 11 is 14.0. The molecule has 1 aliphatic heterocycles. The van der Waals surface area contributed by atoms with Gasteiger partial charge in [-0.3, -0.25) is 4.79 Å². The highest BCUT2D eigenvalue weighted by molar-refractivity contribution is 7.99. The van der Waals surface area contributed by atoms with Gasteiger partial charge >= 0.3 is 0 Å². The predicted molar refractivity (Wildman–Crippen MR) is 120 cm³/mol. The van der Waals surface area contributed by atoms with Gasteiger partial charge in [-0.15, -0.1) is 11.8 Å². The first-order valence-electron chi connectivity index (χ1n) is 9.26. The van der Waals surface area contributed by atoms with E-state index in [1.54, 1.807) is 30.0 Å². The summed E-state index contributed by atoms with van der Waals surface area (Å²) in [4.78, 5) is 14.9. The monoisotopic (exact) mass is 443 g/mol. The molecule has 3 aromatic carbocycles. The Balaban J connectivity index is 1.46. The van der Waals surface area contributed by atoms with Crippen LogP contribution in [0.15, 0.2) is 72.8 Å². The minimum absolute atomic E-state index is 0.0441. The molecule has 1 aliphatic rings. The number of halogens is 2. The van der Waals surface area contributed by atoms with Crippen LogP contribution < -0.4 is 4.74 Å². The molecule has 6 heteroatoms. The fourth-order valence-electron chi connectivity index (χ4n) is 3.24. The lowest BCUT2D eigenvalue weighted by atomic mass is 10.1. The van der Waals surface area contributed by atoms with Crippen LogP contribution in [0, 0.1) is 0 Å². The number of benzene rings is 3. The van der Waals surface area contributed by atoms with Gasteiger partial charge in [0.1, 0.15) is 17.7 Å². The maximum atomic E-state index is 13.0. The van der Waals surface area contributed by atoms with Crippen molar-refractivity contribution in [3.8, 4) is 5.75 Å². The van der Waals surface area contributed by atoms with Gasteiger partial charge in [0.05, 0.1) is 10.6 Å². The molecule has 0 N–H and O–H groups in total. The molecule has 1 fully saturated rings. The van der Waals surface area contributed by atoms with Crippen LogP contribution in [0.5, 0.6) is 5.75 Å². The van der Waals surface area contributed by atoms with E-state index in [1.807, 2.05) is 59.5 Å².